The van der Waals surface area contributed by atoms with Crippen LogP contribution in [0.15, 0.2) is 23.7 Å². The summed E-state index contributed by atoms with van der Waals surface area (Å²) in [7, 11) is 0. The molecule has 6 heteroatoms. The first kappa shape index (κ1) is 13.4. The molecule has 0 saturated heterocycles. The van der Waals surface area contributed by atoms with Gasteiger partial charge < -0.3 is 5.11 Å². The molecule has 0 atom stereocenters. The second kappa shape index (κ2) is 5.27. The van der Waals surface area contributed by atoms with Crippen molar-refractivity contribution in [3.63, 3.8) is 0 Å². The van der Waals surface area contributed by atoms with Crippen molar-refractivity contribution < 1.29 is 14.7 Å². The third-order valence-electron chi connectivity index (χ3n) is 2.52. The highest BCUT2D eigenvalue weighted by atomic mass is 32.1. The van der Waals surface area contributed by atoms with Gasteiger partial charge in [0.2, 0.25) is 0 Å². The van der Waals surface area contributed by atoms with Gasteiger partial charge in [0.05, 0.1) is 10.4 Å². The quantitative estimate of drug-likeness (QED) is 0.868. The van der Waals surface area contributed by atoms with E-state index in [1.54, 1.807) is 19.9 Å². The fourth-order valence-corrected chi connectivity index (χ4v) is 2.23. The minimum Gasteiger partial charge on any atom is -0.476 e. The van der Waals surface area contributed by atoms with Crippen LogP contribution in [0.2, 0.25) is 0 Å². The molecule has 0 amide bonds. The van der Waals surface area contributed by atoms with Crippen LogP contribution in [0.3, 0.4) is 0 Å². The predicted octanol–water partition coefficient (Wildman–Crippen LogP) is 2.74. The molecule has 0 unspecified atom stereocenters. The summed E-state index contributed by atoms with van der Waals surface area (Å²) >= 11 is 1.41. The van der Waals surface area contributed by atoms with Crippen LogP contribution in [-0.4, -0.2) is 26.8 Å². The van der Waals surface area contributed by atoms with E-state index in [4.69, 9.17) is 0 Å². The van der Waals surface area contributed by atoms with Crippen molar-refractivity contribution in [3.05, 3.63) is 35.0 Å². The average Bonchev–Trinajstić information content (AvgIpc) is 2.90. The number of thiophene rings is 1. The second-order valence-electron chi connectivity index (χ2n) is 4.26. The first-order valence-corrected chi connectivity index (χ1v) is 6.57. The van der Waals surface area contributed by atoms with Gasteiger partial charge in [-0.1, -0.05) is 19.9 Å². The Bertz CT molecular complexity index is 621. The summed E-state index contributed by atoms with van der Waals surface area (Å²) in [4.78, 5) is 32.0. The topological polar surface area (TPSA) is 80.2 Å². The lowest BCUT2D eigenvalue weighted by Gasteiger charge is -2.07. The summed E-state index contributed by atoms with van der Waals surface area (Å²) in [6, 6.07) is 3.63. The predicted molar refractivity (Wildman–Crippen MR) is 71.5 cm³/mol. The van der Waals surface area contributed by atoms with E-state index in [0.717, 1.165) is 4.88 Å². The SMILES string of the molecule is CC(C)C(=O)c1cnc(-c2cccs2)nc1C(=O)O. The van der Waals surface area contributed by atoms with E-state index in [2.05, 4.69) is 9.97 Å². The number of hydrogen-bond acceptors (Lipinski definition) is 5. The van der Waals surface area contributed by atoms with Gasteiger partial charge in [-0.05, 0) is 11.4 Å². The fourth-order valence-electron chi connectivity index (χ4n) is 1.56. The van der Waals surface area contributed by atoms with Crippen LogP contribution >= 0.6 is 11.3 Å². The molecule has 1 N–H and O–H groups in total. The van der Waals surface area contributed by atoms with Gasteiger partial charge in [0.1, 0.15) is 0 Å². The van der Waals surface area contributed by atoms with E-state index >= 15 is 0 Å². The molecule has 2 aromatic heterocycles. The number of carbonyl (C=O) groups excluding carboxylic acids is 1. The van der Waals surface area contributed by atoms with Crippen molar-refractivity contribution in [2.45, 2.75) is 13.8 Å². The smallest absolute Gasteiger partial charge is 0.355 e. The van der Waals surface area contributed by atoms with Crippen LogP contribution in [0.25, 0.3) is 10.7 Å². The molecular formula is C13H12N2O3S. The Kier molecular flexibility index (Phi) is 3.71. The van der Waals surface area contributed by atoms with Gasteiger partial charge >= 0.3 is 5.97 Å². The van der Waals surface area contributed by atoms with Gasteiger partial charge in [0.25, 0.3) is 0 Å². The zero-order valence-corrected chi connectivity index (χ0v) is 11.3. The van der Waals surface area contributed by atoms with Crippen molar-refractivity contribution in [1.82, 2.24) is 9.97 Å². The van der Waals surface area contributed by atoms with Gasteiger partial charge in [-0.15, -0.1) is 11.3 Å². The highest BCUT2D eigenvalue weighted by Gasteiger charge is 2.22. The third kappa shape index (κ3) is 2.68. The molecule has 0 aliphatic heterocycles. The Hall–Kier alpha value is -2.08. The molecule has 0 radical (unpaired) electrons. The number of carboxylic acid groups (broad SMARTS) is 1. The number of rotatable bonds is 4. The van der Waals surface area contributed by atoms with Gasteiger partial charge in [0, 0.05) is 12.1 Å². The first-order chi connectivity index (χ1) is 9.00. The maximum Gasteiger partial charge on any atom is 0.355 e. The Morgan fingerprint density at radius 2 is 2.11 bits per heavy atom. The van der Waals surface area contributed by atoms with Crippen LogP contribution in [0.5, 0.6) is 0 Å². The number of Topliss-reactive ketones (excluding diaryl/α,β-unsaturated/α-hetero) is 1. The Morgan fingerprint density at radius 1 is 1.37 bits per heavy atom. The Balaban J connectivity index is 2.53. The van der Waals surface area contributed by atoms with E-state index in [0.29, 0.717) is 5.82 Å². The molecule has 0 fully saturated rings. The van der Waals surface area contributed by atoms with Crippen molar-refractivity contribution in [2.24, 2.45) is 5.92 Å². The molecular weight excluding hydrogens is 264 g/mol. The molecule has 0 spiro atoms. The average molecular weight is 276 g/mol. The number of nitrogens with zero attached hydrogens (tertiary/aromatic N) is 2. The summed E-state index contributed by atoms with van der Waals surface area (Å²) in [5.41, 5.74) is -0.181. The van der Waals surface area contributed by atoms with Crippen molar-refractivity contribution in [3.8, 4) is 10.7 Å². The van der Waals surface area contributed by atoms with Gasteiger partial charge in [0.15, 0.2) is 17.3 Å². The highest BCUT2D eigenvalue weighted by Crippen LogP contribution is 2.22. The lowest BCUT2D eigenvalue weighted by molar-refractivity contribution is 0.0684. The second-order valence-corrected chi connectivity index (χ2v) is 5.20. The normalized spacial score (nSPS) is 10.7. The van der Waals surface area contributed by atoms with Gasteiger partial charge in [-0.25, -0.2) is 14.8 Å². The summed E-state index contributed by atoms with van der Waals surface area (Å²) in [6.45, 7) is 3.42. The zero-order valence-electron chi connectivity index (χ0n) is 10.5. The van der Waals surface area contributed by atoms with Crippen molar-refractivity contribution in [2.75, 3.05) is 0 Å². The molecule has 19 heavy (non-hydrogen) atoms. The summed E-state index contributed by atoms with van der Waals surface area (Å²) in [5.74, 6) is -1.46. The van der Waals surface area contributed by atoms with E-state index < -0.39 is 5.97 Å². The maximum atomic E-state index is 11.9. The summed E-state index contributed by atoms with van der Waals surface area (Å²) < 4.78 is 0. The molecule has 2 heterocycles. The molecule has 0 bridgehead atoms. The van der Waals surface area contributed by atoms with Crippen LogP contribution < -0.4 is 0 Å². The summed E-state index contributed by atoms with van der Waals surface area (Å²) in [6.07, 6.45) is 1.30. The summed E-state index contributed by atoms with van der Waals surface area (Å²) in [5, 5.41) is 11.0. The minimum absolute atomic E-state index is 0.0582. The molecule has 0 aromatic carbocycles. The molecule has 2 rings (SSSR count). The lowest BCUT2D eigenvalue weighted by Crippen LogP contribution is -2.16. The Morgan fingerprint density at radius 3 is 2.63 bits per heavy atom. The van der Waals surface area contributed by atoms with E-state index in [1.807, 2.05) is 11.4 Å². The van der Waals surface area contributed by atoms with Crippen molar-refractivity contribution >= 4 is 23.1 Å². The molecule has 0 aliphatic carbocycles. The van der Waals surface area contributed by atoms with Crippen LogP contribution in [-0.2, 0) is 0 Å². The number of carboxylic acids is 1. The number of ketones is 1. The van der Waals surface area contributed by atoms with Crippen LogP contribution in [0, 0.1) is 5.92 Å². The standard InChI is InChI=1S/C13H12N2O3S/c1-7(2)11(16)8-6-14-12(9-4-3-5-19-9)15-10(8)13(17)18/h3-7H,1-2H3,(H,17,18). The number of aromatic nitrogens is 2. The van der Waals surface area contributed by atoms with Crippen LogP contribution in [0.1, 0.15) is 34.7 Å². The number of carbonyl (C=O) groups is 2. The number of hydrogen-bond donors (Lipinski definition) is 1. The lowest BCUT2D eigenvalue weighted by atomic mass is 10.0. The van der Waals surface area contributed by atoms with E-state index in [-0.39, 0.29) is 23.0 Å². The maximum absolute atomic E-state index is 11.9. The zero-order chi connectivity index (χ0) is 14.0. The third-order valence-corrected chi connectivity index (χ3v) is 3.39. The molecule has 0 saturated carbocycles. The first-order valence-electron chi connectivity index (χ1n) is 5.69. The minimum atomic E-state index is -1.22. The number of aromatic carboxylic acids is 1. The Labute approximate surface area is 114 Å². The van der Waals surface area contributed by atoms with Gasteiger partial charge in [-0.2, -0.15) is 0 Å². The highest BCUT2D eigenvalue weighted by molar-refractivity contribution is 7.13. The largest absolute Gasteiger partial charge is 0.476 e. The molecule has 5 nitrogen and oxygen atoms in total. The molecule has 2 aromatic rings. The van der Waals surface area contributed by atoms with Crippen LogP contribution in [0.4, 0.5) is 0 Å². The van der Waals surface area contributed by atoms with Gasteiger partial charge in [-0.3, -0.25) is 4.79 Å². The van der Waals surface area contributed by atoms with E-state index in [1.165, 1.54) is 17.5 Å². The van der Waals surface area contributed by atoms with E-state index in [9.17, 15) is 14.7 Å². The fraction of sp³-hybridized carbons (Fsp3) is 0.231. The van der Waals surface area contributed by atoms with Crippen molar-refractivity contribution in [1.29, 1.82) is 0 Å². The monoisotopic (exact) mass is 276 g/mol. The molecule has 0 aliphatic rings. The molecule has 98 valence electrons.